The molecule has 0 radical (unpaired) electrons. The minimum Gasteiger partial charge on any atom is -0.378 e. The lowest BCUT2D eigenvalue weighted by Gasteiger charge is -2.36. The van der Waals surface area contributed by atoms with Crippen molar-refractivity contribution in [2.24, 2.45) is 0 Å². The number of hydrogen-bond donors (Lipinski definition) is 0. The summed E-state index contributed by atoms with van der Waals surface area (Å²) in [6.07, 6.45) is 0. The zero-order valence-corrected chi connectivity index (χ0v) is 16.6. The van der Waals surface area contributed by atoms with E-state index in [1.807, 2.05) is 79.3 Å². The molecule has 1 fully saturated rings. The fourth-order valence-corrected chi connectivity index (χ4v) is 3.58. The molecule has 0 aliphatic carbocycles. The maximum Gasteiger partial charge on any atom is 0.253 e. The summed E-state index contributed by atoms with van der Waals surface area (Å²) in [6.45, 7) is 4.88. The van der Waals surface area contributed by atoms with Crippen LogP contribution in [0.1, 0.15) is 16.1 Å². The number of fused-ring (bicyclic) bond motifs is 1. The first-order valence-electron chi connectivity index (χ1n) is 9.58. The van der Waals surface area contributed by atoms with Crippen LogP contribution in [0.25, 0.3) is 11.0 Å². The molecular weight excluding hydrogens is 350 g/mol. The highest BCUT2D eigenvalue weighted by Gasteiger charge is 2.24. The van der Waals surface area contributed by atoms with Gasteiger partial charge in [-0.3, -0.25) is 4.79 Å². The van der Waals surface area contributed by atoms with Crippen molar-refractivity contribution < 1.29 is 4.79 Å². The maximum atomic E-state index is 12.8. The molecule has 144 valence electrons. The summed E-state index contributed by atoms with van der Waals surface area (Å²) < 4.78 is 0. The molecule has 0 unspecified atom stereocenters. The Morgan fingerprint density at radius 2 is 1.50 bits per heavy atom. The number of para-hydroxylation sites is 2. The predicted octanol–water partition coefficient (Wildman–Crippen LogP) is 2.97. The second-order valence-corrected chi connectivity index (χ2v) is 7.34. The van der Waals surface area contributed by atoms with Crippen LogP contribution >= 0.6 is 0 Å². The number of aryl methyl sites for hydroxylation is 1. The average molecular weight is 375 g/mol. The Bertz CT molecular complexity index is 991. The molecule has 0 atom stereocenters. The quantitative estimate of drug-likeness (QED) is 0.704. The van der Waals surface area contributed by atoms with E-state index in [2.05, 4.69) is 9.88 Å². The molecule has 3 aromatic rings. The molecule has 0 spiro atoms. The first kappa shape index (κ1) is 18.2. The number of nitrogens with zero attached hydrogens (tertiary/aromatic N) is 5. The number of benzene rings is 2. The minimum absolute atomic E-state index is 0.0891. The standard InChI is InChI=1S/C22H25N5O/c1-16-21(24-20-7-5-4-6-19(20)23-16)26-12-14-27(15-13-26)22(28)17-8-10-18(11-9-17)25(2)3/h4-11H,12-15H2,1-3H3. The molecule has 6 nitrogen and oxygen atoms in total. The average Bonchev–Trinajstić information content (AvgIpc) is 2.73. The Kier molecular flexibility index (Phi) is 4.86. The van der Waals surface area contributed by atoms with Crippen LogP contribution in [0.4, 0.5) is 11.5 Å². The lowest BCUT2D eigenvalue weighted by atomic mass is 10.1. The maximum absolute atomic E-state index is 12.8. The van der Waals surface area contributed by atoms with Crippen molar-refractivity contribution in [1.29, 1.82) is 0 Å². The summed E-state index contributed by atoms with van der Waals surface area (Å²) in [5.74, 6) is 1.01. The van der Waals surface area contributed by atoms with Gasteiger partial charge in [0.25, 0.3) is 5.91 Å². The summed E-state index contributed by atoms with van der Waals surface area (Å²) >= 11 is 0. The number of anilines is 2. The van der Waals surface area contributed by atoms with Crippen LogP contribution < -0.4 is 9.80 Å². The summed E-state index contributed by atoms with van der Waals surface area (Å²) in [4.78, 5) is 28.5. The molecule has 2 heterocycles. The highest BCUT2D eigenvalue weighted by molar-refractivity contribution is 5.94. The van der Waals surface area contributed by atoms with Gasteiger partial charge in [-0.05, 0) is 43.3 Å². The van der Waals surface area contributed by atoms with Gasteiger partial charge in [0.1, 0.15) is 0 Å². The molecule has 1 aliphatic heterocycles. The van der Waals surface area contributed by atoms with Crippen LogP contribution in [0.3, 0.4) is 0 Å². The Morgan fingerprint density at radius 3 is 2.11 bits per heavy atom. The van der Waals surface area contributed by atoms with E-state index in [1.165, 1.54) is 0 Å². The predicted molar refractivity (Wildman–Crippen MR) is 113 cm³/mol. The number of aromatic nitrogens is 2. The largest absolute Gasteiger partial charge is 0.378 e. The van der Waals surface area contributed by atoms with Gasteiger partial charge in [-0.25, -0.2) is 9.97 Å². The fraction of sp³-hybridized carbons (Fsp3) is 0.318. The van der Waals surface area contributed by atoms with Gasteiger partial charge < -0.3 is 14.7 Å². The number of amides is 1. The molecule has 2 aromatic carbocycles. The van der Waals surface area contributed by atoms with E-state index in [0.29, 0.717) is 13.1 Å². The lowest BCUT2D eigenvalue weighted by Crippen LogP contribution is -2.49. The molecule has 0 saturated carbocycles. The molecular formula is C22H25N5O. The van der Waals surface area contributed by atoms with Gasteiger partial charge in [0, 0.05) is 51.5 Å². The van der Waals surface area contributed by atoms with Crippen LogP contribution in [-0.2, 0) is 0 Å². The summed E-state index contributed by atoms with van der Waals surface area (Å²) in [6, 6.07) is 15.7. The van der Waals surface area contributed by atoms with Crippen molar-refractivity contribution in [3.63, 3.8) is 0 Å². The topological polar surface area (TPSA) is 52.6 Å². The van der Waals surface area contributed by atoms with Crippen molar-refractivity contribution in [2.75, 3.05) is 50.1 Å². The van der Waals surface area contributed by atoms with Gasteiger partial charge in [0.05, 0.1) is 16.7 Å². The number of carbonyl (C=O) groups excluding carboxylic acids is 1. The SMILES string of the molecule is Cc1nc2ccccc2nc1N1CCN(C(=O)c2ccc(N(C)C)cc2)CC1. The zero-order chi connectivity index (χ0) is 19.7. The molecule has 6 heteroatoms. The van der Waals surface area contributed by atoms with Gasteiger partial charge in [-0.15, -0.1) is 0 Å². The molecule has 28 heavy (non-hydrogen) atoms. The van der Waals surface area contributed by atoms with Gasteiger partial charge >= 0.3 is 0 Å². The second kappa shape index (κ2) is 7.46. The molecule has 4 rings (SSSR count). The van der Waals surface area contributed by atoms with Gasteiger partial charge in [0.2, 0.25) is 0 Å². The smallest absolute Gasteiger partial charge is 0.253 e. The fourth-order valence-electron chi connectivity index (χ4n) is 3.58. The van der Waals surface area contributed by atoms with Crippen LogP contribution in [0.2, 0.25) is 0 Å². The van der Waals surface area contributed by atoms with Crippen LogP contribution in [-0.4, -0.2) is 61.0 Å². The van der Waals surface area contributed by atoms with E-state index in [1.54, 1.807) is 0 Å². The first-order valence-corrected chi connectivity index (χ1v) is 9.58. The Morgan fingerprint density at radius 1 is 0.893 bits per heavy atom. The monoisotopic (exact) mass is 375 g/mol. The third-order valence-electron chi connectivity index (χ3n) is 5.22. The van der Waals surface area contributed by atoms with Crippen LogP contribution in [0.5, 0.6) is 0 Å². The van der Waals surface area contributed by atoms with E-state index in [4.69, 9.17) is 4.98 Å². The van der Waals surface area contributed by atoms with Crippen molar-refractivity contribution in [1.82, 2.24) is 14.9 Å². The van der Waals surface area contributed by atoms with E-state index < -0.39 is 0 Å². The number of hydrogen-bond acceptors (Lipinski definition) is 5. The van der Waals surface area contributed by atoms with Crippen LogP contribution in [0.15, 0.2) is 48.5 Å². The minimum atomic E-state index is 0.0891. The van der Waals surface area contributed by atoms with E-state index >= 15 is 0 Å². The van der Waals surface area contributed by atoms with Crippen LogP contribution in [0, 0.1) is 6.92 Å². The van der Waals surface area contributed by atoms with Gasteiger partial charge in [0.15, 0.2) is 5.82 Å². The Labute approximate surface area is 165 Å². The number of rotatable bonds is 3. The van der Waals surface area contributed by atoms with E-state index in [-0.39, 0.29) is 5.91 Å². The van der Waals surface area contributed by atoms with Crippen molar-refractivity contribution in [2.45, 2.75) is 6.92 Å². The molecule has 1 aromatic heterocycles. The summed E-state index contributed by atoms with van der Waals surface area (Å²) in [5.41, 5.74) is 4.58. The summed E-state index contributed by atoms with van der Waals surface area (Å²) in [7, 11) is 3.99. The van der Waals surface area contributed by atoms with E-state index in [0.717, 1.165) is 46.9 Å². The molecule has 1 amide bonds. The van der Waals surface area contributed by atoms with Crippen molar-refractivity contribution in [3.05, 3.63) is 59.8 Å². The van der Waals surface area contributed by atoms with E-state index in [9.17, 15) is 4.79 Å². The first-order chi connectivity index (χ1) is 13.5. The lowest BCUT2D eigenvalue weighted by molar-refractivity contribution is 0.0746. The number of carbonyl (C=O) groups is 1. The molecule has 0 bridgehead atoms. The Hall–Kier alpha value is -3.15. The van der Waals surface area contributed by atoms with Gasteiger partial charge in [-0.1, -0.05) is 12.1 Å². The molecule has 1 aliphatic rings. The summed E-state index contributed by atoms with van der Waals surface area (Å²) in [5, 5.41) is 0. The highest BCUT2D eigenvalue weighted by atomic mass is 16.2. The van der Waals surface area contributed by atoms with Crippen molar-refractivity contribution in [3.8, 4) is 0 Å². The third-order valence-corrected chi connectivity index (χ3v) is 5.22. The number of piperazine rings is 1. The molecule has 1 saturated heterocycles. The molecule has 0 N–H and O–H groups in total. The highest BCUT2D eigenvalue weighted by Crippen LogP contribution is 2.22. The third kappa shape index (κ3) is 3.50. The zero-order valence-electron chi connectivity index (χ0n) is 16.6. The van der Waals surface area contributed by atoms with Crippen molar-refractivity contribution >= 4 is 28.4 Å². The normalized spacial score (nSPS) is 14.4. The second-order valence-electron chi connectivity index (χ2n) is 7.34. The van der Waals surface area contributed by atoms with Gasteiger partial charge in [-0.2, -0.15) is 0 Å². The Balaban J connectivity index is 1.46.